The Morgan fingerprint density at radius 1 is 1.42 bits per heavy atom. The summed E-state index contributed by atoms with van der Waals surface area (Å²) in [4.78, 5) is 23.4. The highest BCUT2D eigenvalue weighted by Crippen LogP contribution is 2.16. The van der Waals surface area contributed by atoms with Crippen molar-refractivity contribution in [3.05, 3.63) is 0 Å². The monoisotopic (exact) mass is 271 g/mol. The minimum absolute atomic E-state index is 0.105. The number of amides is 1. The summed E-state index contributed by atoms with van der Waals surface area (Å²) in [5.41, 5.74) is 0. The molecule has 1 aliphatic rings. The molecule has 1 fully saturated rings. The fourth-order valence-electron chi connectivity index (χ4n) is 2.26. The van der Waals surface area contributed by atoms with E-state index in [2.05, 4.69) is 5.32 Å². The van der Waals surface area contributed by atoms with Gasteiger partial charge in [-0.15, -0.1) is 0 Å². The molecule has 2 atom stereocenters. The molecular formula is C14H25NO4. The Labute approximate surface area is 115 Å². The SMILES string of the molecule is COC(=O)C(CC(C)C)NC(=O)CCC1CCCO1. The molecule has 2 unspecified atom stereocenters. The Balaban J connectivity index is 2.34. The largest absolute Gasteiger partial charge is 0.467 e. The molecule has 1 rings (SSSR count). The number of hydrogen-bond donors (Lipinski definition) is 1. The second kappa shape index (κ2) is 8.15. The van der Waals surface area contributed by atoms with Gasteiger partial charge in [-0.25, -0.2) is 4.79 Å². The Morgan fingerprint density at radius 3 is 2.68 bits per heavy atom. The lowest BCUT2D eigenvalue weighted by Crippen LogP contribution is -2.42. The molecule has 1 heterocycles. The molecule has 1 N–H and O–H groups in total. The van der Waals surface area contributed by atoms with E-state index < -0.39 is 6.04 Å². The van der Waals surface area contributed by atoms with Crippen molar-refractivity contribution < 1.29 is 19.1 Å². The predicted octanol–water partition coefficient (Wildman–Crippen LogP) is 1.65. The van der Waals surface area contributed by atoms with Gasteiger partial charge in [0.1, 0.15) is 6.04 Å². The minimum Gasteiger partial charge on any atom is -0.467 e. The molecule has 0 aromatic heterocycles. The first-order chi connectivity index (χ1) is 9.02. The number of carbonyl (C=O) groups is 2. The van der Waals surface area contributed by atoms with Crippen LogP contribution in [0, 0.1) is 5.92 Å². The van der Waals surface area contributed by atoms with Crippen LogP contribution in [0.4, 0.5) is 0 Å². The van der Waals surface area contributed by atoms with Gasteiger partial charge in [-0.2, -0.15) is 0 Å². The van der Waals surface area contributed by atoms with Gasteiger partial charge in [-0.1, -0.05) is 13.8 Å². The summed E-state index contributed by atoms with van der Waals surface area (Å²) in [7, 11) is 1.34. The van der Waals surface area contributed by atoms with Crippen LogP contribution in [-0.2, 0) is 19.1 Å². The summed E-state index contributed by atoms with van der Waals surface area (Å²) in [5.74, 6) is -0.159. The molecule has 1 saturated heterocycles. The van der Waals surface area contributed by atoms with E-state index in [1.54, 1.807) is 0 Å². The second-order valence-electron chi connectivity index (χ2n) is 5.45. The van der Waals surface area contributed by atoms with E-state index in [1.807, 2.05) is 13.8 Å². The zero-order valence-electron chi connectivity index (χ0n) is 12.1. The normalized spacial score (nSPS) is 20.3. The maximum absolute atomic E-state index is 11.8. The molecule has 0 aromatic carbocycles. The summed E-state index contributed by atoms with van der Waals surface area (Å²) in [5, 5.41) is 2.75. The van der Waals surface area contributed by atoms with E-state index >= 15 is 0 Å². The average molecular weight is 271 g/mol. The Bertz CT molecular complexity index is 298. The fourth-order valence-corrected chi connectivity index (χ4v) is 2.26. The summed E-state index contributed by atoms with van der Waals surface area (Å²) in [6.07, 6.45) is 4.02. The van der Waals surface area contributed by atoms with Crippen molar-refractivity contribution in [1.29, 1.82) is 0 Å². The molecule has 0 radical (unpaired) electrons. The molecule has 1 amide bonds. The second-order valence-corrected chi connectivity index (χ2v) is 5.45. The number of nitrogens with one attached hydrogen (secondary N) is 1. The summed E-state index contributed by atoms with van der Waals surface area (Å²) < 4.78 is 10.2. The Kier molecular flexibility index (Phi) is 6.84. The lowest BCUT2D eigenvalue weighted by molar-refractivity contribution is -0.145. The molecule has 19 heavy (non-hydrogen) atoms. The highest BCUT2D eigenvalue weighted by atomic mass is 16.5. The van der Waals surface area contributed by atoms with Gasteiger partial charge in [0.2, 0.25) is 5.91 Å². The molecular weight excluding hydrogens is 246 g/mol. The van der Waals surface area contributed by atoms with Crippen LogP contribution in [0.15, 0.2) is 0 Å². The third-order valence-electron chi connectivity index (χ3n) is 3.25. The first-order valence-corrected chi connectivity index (χ1v) is 7.01. The van der Waals surface area contributed by atoms with Gasteiger partial charge >= 0.3 is 5.97 Å². The van der Waals surface area contributed by atoms with Crippen LogP contribution in [-0.4, -0.2) is 37.7 Å². The molecule has 0 aromatic rings. The lowest BCUT2D eigenvalue weighted by Gasteiger charge is -2.18. The van der Waals surface area contributed by atoms with Crippen LogP contribution in [0.2, 0.25) is 0 Å². The van der Waals surface area contributed by atoms with Crippen molar-refractivity contribution in [1.82, 2.24) is 5.32 Å². The fraction of sp³-hybridized carbons (Fsp3) is 0.857. The van der Waals surface area contributed by atoms with Crippen molar-refractivity contribution >= 4 is 11.9 Å². The van der Waals surface area contributed by atoms with E-state index in [9.17, 15) is 9.59 Å². The highest BCUT2D eigenvalue weighted by molar-refractivity contribution is 5.84. The predicted molar refractivity (Wildman–Crippen MR) is 71.6 cm³/mol. The summed E-state index contributed by atoms with van der Waals surface area (Å²) >= 11 is 0. The standard InChI is InChI=1S/C14H25NO4/c1-10(2)9-12(14(17)18-3)15-13(16)7-6-11-5-4-8-19-11/h10-12H,4-9H2,1-3H3,(H,15,16). The molecule has 5 nitrogen and oxygen atoms in total. The van der Waals surface area contributed by atoms with Crippen molar-refractivity contribution in [2.75, 3.05) is 13.7 Å². The Morgan fingerprint density at radius 2 is 2.16 bits per heavy atom. The van der Waals surface area contributed by atoms with Gasteiger partial charge in [0, 0.05) is 13.0 Å². The maximum atomic E-state index is 11.8. The third kappa shape index (κ3) is 6.05. The highest BCUT2D eigenvalue weighted by Gasteiger charge is 2.23. The zero-order chi connectivity index (χ0) is 14.3. The molecule has 0 spiro atoms. The minimum atomic E-state index is -0.540. The van der Waals surface area contributed by atoms with E-state index in [-0.39, 0.29) is 18.0 Å². The smallest absolute Gasteiger partial charge is 0.328 e. The first-order valence-electron chi connectivity index (χ1n) is 7.01. The number of ether oxygens (including phenoxy) is 2. The van der Waals surface area contributed by atoms with Gasteiger partial charge in [-0.3, -0.25) is 4.79 Å². The molecule has 5 heteroatoms. The van der Waals surface area contributed by atoms with Crippen LogP contribution in [0.1, 0.15) is 46.0 Å². The van der Waals surface area contributed by atoms with E-state index in [0.29, 0.717) is 18.8 Å². The third-order valence-corrected chi connectivity index (χ3v) is 3.25. The topological polar surface area (TPSA) is 64.6 Å². The van der Waals surface area contributed by atoms with Crippen LogP contribution < -0.4 is 5.32 Å². The molecule has 0 bridgehead atoms. The van der Waals surface area contributed by atoms with Crippen LogP contribution in [0.25, 0.3) is 0 Å². The van der Waals surface area contributed by atoms with E-state index in [0.717, 1.165) is 25.9 Å². The van der Waals surface area contributed by atoms with Crippen molar-refractivity contribution in [2.24, 2.45) is 5.92 Å². The van der Waals surface area contributed by atoms with Crippen LogP contribution >= 0.6 is 0 Å². The molecule has 1 aliphatic heterocycles. The molecule has 110 valence electrons. The number of methoxy groups -OCH3 is 1. The summed E-state index contributed by atoms with van der Waals surface area (Å²) in [6.45, 7) is 4.81. The maximum Gasteiger partial charge on any atom is 0.328 e. The van der Waals surface area contributed by atoms with Crippen LogP contribution in [0.5, 0.6) is 0 Å². The first kappa shape index (κ1) is 16.0. The van der Waals surface area contributed by atoms with Crippen LogP contribution in [0.3, 0.4) is 0 Å². The van der Waals surface area contributed by atoms with Gasteiger partial charge in [0.05, 0.1) is 13.2 Å². The van der Waals surface area contributed by atoms with Crippen molar-refractivity contribution in [2.45, 2.75) is 58.1 Å². The summed E-state index contributed by atoms with van der Waals surface area (Å²) in [6, 6.07) is -0.540. The van der Waals surface area contributed by atoms with E-state index in [4.69, 9.17) is 9.47 Å². The zero-order valence-corrected chi connectivity index (χ0v) is 12.1. The Hall–Kier alpha value is -1.10. The van der Waals surface area contributed by atoms with Gasteiger partial charge in [0.15, 0.2) is 0 Å². The molecule has 0 aliphatic carbocycles. The number of carbonyl (C=O) groups excluding carboxylic acids is 2. The lowest BCUT2D eigenvalue weighted by atomic mass is 10.0. The van der Waals surface area contributed by atoms with Gasteiger partial charge in [-0.05, 0) is 31.6 Å². The number of esters is 1. The average Bonchev–Trinajstić information content (AvgIpc) is 2.87. The van der Waals surface area contributed by atoms with Gasteiger partial charge in [0.25, 0.3) is 0 Å². The van der Waals surface area contributed by atoms with E-state index in [1.165, 1.54) is 7.11 Å². The van der Waals surface area contributed by atoms with Crippen molar-refractivity contribution in [3.8, 4) is 0 Å². The quantitative estimate of drug-likeness (QED) is 0.715. The number of rotatable bonds is 7. The molecule has 0 saturated carbocycles. The van der Waals surface area contributed by atoms with Gasteiger partial charge < -0.3 is 14.8 Å². The number of hydrogen-bond acceptors (Lipinski definition) is 4. The van der Waals surface area contributed by atoms with Crippen molar-refractivity contribution in [3.63, 3.8) is 0 Å².